The highest BCUT2D eigenvalue weighted by molar-refractivity contribution is 8.00. The summed E-state index contributed by atoms with van der Waals surface area (Å²) in [5.41, 5.74) is 4.00. The van der Waals surface area contributed by atoms with Crippen molar-refractivity contribution in [2.75, 3.05) is 11.1 Å². The van der Waals surface area contributed by atoms with Gasteiger partial charge >= 0.3 is 0 Å². The van der Waals surface area contributed by atoms with Crippen LogP contribution in [0.4, 0.5) is 5.69 Å². The second-order valence-corrected chi connectivity index (χ2v) is 9.52. The molecule has 0 aliphatic heterocycles. The minimum absolute atomic E-state index is 0.0505. The molecule has 0 aliphatic rings. The second kappa shape index (κ2) is 8.56. The molecule has 0 bridgehead atoms. The average molecular weight is 424 g/mol. The molecule has 0 unspecified atom stereocenters. The van der Waals surface area contributed by atoms with E-state index in [9.17, 15) is 9.59 Å². The Morgan fingerprint density at radius 1 is 1.07 bits per heavy atom. The second-order valence-electron chi connectivity index (χ2n) is 8.50. The fraction of sp³-hybridized carbons (Fsp3) is 0.333. The number of amides is 1. The summed E-state index contributed by atoms with van der Waals surface area (Å²) in [6, 6.07) is 15.8. The first kappa shape index (κ1) is 22.0. The molecule has 0 saturated heterocycles. The van der Waals surface area contributed by atoms with Crippen molar-refractivity contribution in [1.29, 1.82) is 0 Å². The Morgan fingerprint density at radius 2 is 1.73 bits per heavy atom. The topological polar surface area (TPSA) is 56.0 Å². The lowest BCUT2D eigenvalue weighted by Gasteiger charge is -2.20. The standard InChI is InChI=1S/C24H29N3O2S/c1-16-12-13-18(24(3,4)5)14-20(16)30-15-21(28)25-22-17(2)26(6)27(23(22)29)19-10-8-7-9-11-19/h7-14H,15H2,1-6H3,(H,25,28). The van der Waals surface area contributed by atoms with Crippen LogP contribution in [0.25, 0.3) is 5.69 Å². The van der Waals surface area contributed by atoms with E-state index in [1.165, 1.54) is 17.3 Å². The molecule has 0 atom stereocenters. The van der Waals surface area contributed by atoms with Crippen LogP contribution < -0.4 is 10.9 Å². The molecule has 1 amide bonds. The fourth-order valence-electron chi connectivity index (χ4n) is 3.25. The molecule has 5 nitrogen and oxygen atoms in total. The molecule has 1 heterocycles. The molecule has 0 radical (unpaired) electrons. The predicted octanol–water partition coefficient (Wildman–Crippen LogP) is 4.82. The number of aryl methyl sites for hydroxylation is 1. The maximum atomic E-state index is 13.0. The third-order valence-corrected chi connectivity index (χ3v) is 6.39. The molecular formula is C24H29N3O2S. The number of carbonyl (C=O) groups excluding carboxylic acids is 1. The summed E-state index contributed by atoms with van der Waals surface area (Å²) in [5.74, 6) is 0.0552. The number of aromatic nitrogens is 2. The molecule has 0 fully saturated rings. The summed E-state index contributed by atoms with van der Waals surface area (Å²) < 4.78 is 3.33. The third-order valence-electron chi connectivity index (χ3n) is 5.23. The molecule has 6 heteroatoms. The number of thioether (sulfide) groups is 1. The minimum atomic E-state index is -0.231. The van der Waals surface area contributed by atoms with Gasteiger partial charge in [0.05, 0.1) is 17.1 Å². The Morgan fingerprint density at radius 3 is 2.37 bits per heavy atom. The molecule has 0 saturated carbocycles. The molecular weight excluding hydrogens is 394 g/mol. The fourth-order valence-corrected chi connectivity index (χ4v) is 4.12. The molecule has 30 heavy (non-hydrogen) atoms. The lowest BCUT2D eigenvalue weighted by molar-refractivity contribution is -0.113. The van der Waals surface area contributed by atoms with Crippen molar-refractivity contribution < 1.29 is 4.79 Å². The maximum Gasteiger partial charge on any atom is 0.295 e. The highest BCUT2D eigenvalue weighted by Crippen LogP contribution is 2.29. The summed E-state index contributed by atoms with van der Waals surface area (Å²) in [6.07, 6.45) is 0. The van der Waals surface area contributed by atoms with Gasteiger partial charge in [-0.05, 0) is 48.6 Å². The summed E-state index contributed by atoms with van der Waals surface area (Å²) in [7, 11) is 1.81. The lowest BCUT2D eigenvalue weighted by atomic mass is 9.87. The van der Waals surface area contributed by atoms with Crippen molar-refractivity contribution in [3.8, 4) is 5.69 Å². The number of rotatable bonds is 5. The number of carbonyl (C=O) groups is 1. The van der Waals surface area contributed by atoms with Crippen LogP contribution in [0, 0.1) is 13.8 Å². The number of hydrogen-bond donors (Lipinski definition) is 1. The number of benzene rings is 2. The van der Waals surface area contributed by atoms with Gasteiger partial charge in [-0.15, -0.1) is 11.8 Å². The largest absolute Gasteiger partial charge is 0.319 e. The zero-order valence-corrected chi connectivity index (χ0v) is 19.3. The summed E-state index contributed by atoms with van der Waals surface area (Å²) >= 11 is 1.50. The van der Waals surface area contributed by atoms with E-state index in [1.54, 1.807) is 9.36 Å². The van der Waals surface area contributed by atoms with E-state index in [1.807, 2.05) is 51.2 Å². The van der Waals surface area contributed by atoms with Crippen molar-refractivity contribution in [3.63, 3.8) is 0 Å². The highest BCUT2D eigenvalue weighted by atomic mass is 32.2. The average Bonchev–Trinajstić information content (AvgIpc) is 2.90. The van der Waals surface area contributed by atoms with E-state index in [2.05, 4.69) is 44.3 Å². The number of hydrogen-bond acceptors (Lipinski definition) is 3. The van der Waals surface area contributed by atoms with E-state index < -0.39 is 0 Å². The number of anilines is 1. The first-order valence-electron chi connectivity index (χ1n) is 9.97. The van der Waals surface area contributed by atoms with Crippen LogP contribution >= 0.6 is 11.8 Å². The van der Waals surface area contributed by atoms with Gasteiger partial charge in [0.25, 0.3) is 5.56 Å². The molecule has 0 spiro atoms. The van der Waals surface area contributed by atoms with Gasteiger partial charge in [0.2, 0.25) is 5.91 Å². The van der Waals surface area contributed by atoms with Gasteiger partial charge in [-0.25, -0.2) is 4.68 Å². The lowest BCUT2D eigenvalue weighted by Crippen LogP contribution is -2.23. The smallest absolute Gasteiger partial charge is 0.295 e. The maximum absolute atomic E-state index is 13.0. The quantitative estimate of drug-likeness (QED) is 0.599. The number of para-hydroxylation sites is 1. The Hall–Kier alpha value is -2.73. The van der Waals surface area contributed by atoms with Gasteiger partial charge in [-0.1, -0.05) is 51.1 Å². The van der Waals surface area contributed by atoms with Gasteiger partial charge < -0.3 is 5.32 Å². The van der Waals surface area contributed by atoms with E-state index in [0.717, 1.165) is 16.1 Å². The summed E-state index contributed by atoms with van der Waals surface area (Å²) in [5, 5.41) is 2.83. The van der Waals surface area contributed by atoms with Crippen molar-refractivity contribution in [2.45, 2.75) is 44.9 Å². The van der Waals surface area contributed by atoms with Gasteiger partial charge in [-0.3, -0.25) is 14.3 Å². The Balaban J connectivity index is 1.78. The minimum Gasteiger partial charge on any atom is -0.319 e. The molecule has 3 rings (SSSR count). The van der Waals surface area contributed by atoms with Gasteiger partial charge in [0.15, 0.2) is 0 Å². The molecule has 158 valence electrons. The van der Waals surface area contributed by atoms with Crippen LogP contribution in [-0.2, 0) is 17.3 Å². The number of nitrogens with one attached hydrogen (secondary N) is 1. The summed E-state index contributed by atoms with van der Waals surface area (Å²) in [6.45, 7) is 10.4. The van der Waals surface area contributed by atoms with Crippen molar-refractivity contribution in [3.05, 3.63) is 75.7 Å². The highest BCUT2D eigenvalue weighted by Gasteiger charge is 2.19. The zero-order valence-electron chi connectivity index (χ0n) is 18.4. The number of nitrogens with zero attached hydrogens (tertiary/aromatic N) is 2. The van der Waals surface area contributed by atoms with E-state index in [0.29, 0.717) is 11.4 Å². The van der Waals surface area contributed by atoms with Crippen molar-refractivity contribution >= 4 is 23.4 Å². The Labute approximate surface area is 182 Å². The first-order valence-corrected chi connectivity index (χ1v) is 11.0. The van der Waals surface area contributed by atoms with Crippen LogP contribution in [0.5, 0.6) is 0 Å². The molecule has 1 N–H and O–H groups in total. The van der Waals surface area contributed by atoms with Crippen LogP contribution in [0.2, 0.25) is 0 Å². The molecule has 3 aromatic rings. The van der Waals surface area contributed by atoms with E-state index in [4.69, 9.17) is 0 Å². The monoisotopic (exact) mass is 423 g/mol. The van der Waals surface area contributed by atoms with Gasteiger partial charge in [-0.2, -0.15) is 0 Å². The first-order chi connectivity index (χ1) is 14.1. The van der Waals surface area contributed by atoms with Crippen LogP contribution in [0.15, 0.2) is 58.2 Å². The zero-order chi connectivity index (χ0) is 22.1. The molecule has 2 aromatic carbocycles. The normalized spacial score (nSPS) is 11.5. The Kier molecular flexibility index (Phi) is 6.27. The predicted molar refractivity (Wildman–Crippen MR) is 125 cm³/mol. The van der Waals surface area contributed by atoms with E-state index in [-0.39, 0.29) is 22.6 Å². The van der Waals surface area contributed by atoms with Gasteiger partial charge in [0, 0.05) is 11.9 Å². The summed E-state index contributed by atoms with van der Waals surface area (Å²) in [4.78, 5) is 26.7. The Bertz CT molecular complexity index is 1120. The van der Waals surface area contributed by atoms with E-state index >= 15 is 0 Å². The van der Waals surface area contributed by atoms with Crippen LogP contribution in [-0.4, -0.2) is 21.0 Å². The SMILES string of the molecule is Cc1ccc(C(C)(C)C)cc1SCC(=O)Nc1c(C)n(C)n(-c2ccccc2)c1=O. The van der Waals surface area contributed by atoms with Crippen LogP contribution in [0.3, 0.4) is 0 Å². The van der Waals surface area contributed by atoms with Crippen molar-refractivity contribution in [2.24, 2.45) is 7.05 Å². The molecule has 1 aromatic heterocycles. The molecule has 0 aliphatic carbocycles. The van der Waals surface area contributed by atoms with Crippen LogP contribution in [0.1, 0.15) is 37.6 Å². The van der Waals surface area contributed by atoms with Crippen molar-refractivity contribution in [1.82, 2.24) is 9.36 Å². The van der Waals surface area contributed by atoms with Gasteiger partial charge in [0.1, 0.15) is 5.69 Å². The third kappa shape index (κ3) is 4.54.